The van der Waals surface area contributed by atoms with Crippen molar-refractivity contribution in [1.29, 1.82) is 0 Å². The summed E-state index contributed by atoms with van der Waals surface area (Å²) in [5.41, 5.74) is 0.917. The quantitative estimate of drug-likeness (QED) is 0.712. The number of hydrogen-bond donors (Lipinski definition) is 0. The summed E-state index contributed by atoms with van der Waals surface area (Å²) in [5, 5.41) is 0. The van der Waals surface area contributed by atoms with E-state index in [1.807, 2.05) is 6.07 Å². The van der Waals surface area contributed by atoms with Gasteiger partial charge in [-0.15, -0.1) is 0 Å². The molecule has 0 aromatic heterocycles. The molecule has 0 aliphatic rings. The molecule has 0 saturated carbocycles. The van der Waals surface area contributed by atoms with Crippen LogP contribution in [0.15, 0.2) is 18.2 Å². The fraction of sp³-hybridized carbons (Fsp3) is 0.400. The Labute approximate surface area is 77.3 Å². The van der Waals surface area contributed by atoms with Crippen LogP contribution in [-0.4, -0.2) is 20.8 Å². The highest BCUT2D eigenvalue weighted by molar-refractivity contribution is 5.29. The zero-order valence-electron chi connectivity index (χ0n) is 7.84. The summed E-state index contributed by atoms with van der Waals surface area (Å²) in [6.45, 7) is 0.603. The van der Waals surface area contributed by atoms with Gasteiger partial charge in [-0.05, 0) is 24.1 Å². The average molecular weight is 184 g/mol. The lowest BCUT2D eigenvalue weighted by molar-refractivity contribution is 0.202. The maximum Gasteiger partial charge on any atom is 0.165 e. The van der Waals surface area contributed by atoms with Gasteiger partial charge in [0.15, 0.2) is 11.6 Å². The van der Waals surface area contributed by atoms with E-state index in [1.54, 1.807) is 13.2 Å². The molecule has 2 nitrogen and oxygen atoms in total. The van der Waals surface area contributed by atoms with Crippen LogP contribution in [0.3, 0.4) is 0 Å². The van der Waals surface area contributed by atoms with E-state index in [4.69, 9.17) is 9.47 Å². The van der Waals surface area contributed by atoms with Crippen molar-refractivity contribution in [3.05, 3.63) is 29.6 Å². The molecule has 0 spiro atoms. The molecule has 1 aromatic rings. The van der Waals surface area contributed by atoms with Gasteiger partial charge in [0.25, 0.3) is 0 Å². The maximum atomic E-state index is 13.1. The van der Waals surface area contributed by atoms with E-state index in [1.165, 1.54) is 13.2 Å². The SMILES string of the molecule is COCCc1ccc(OC)c(F)c1. The number of benzene rings is 1. The largest absolute Gasteiger partial charge is 0.494 e. The van der Waals surface area contributed by atoms with Gasteiger partial charge in [0.05, 0.1) is 13.7 Å². The predicted octanol–water partition coefficient (Wildman–Crippen LogP) is 2.02. The van der Waals surface area contributed by atoms with Gasteiger partial charge in [0.1, 0.15) is 0 Å². The molecule has 0 saturated heterocycles. The minimum Gasteiger partial charge on any atom is -0.494 e. The van der Waals surface area contributed by atoms with Crippen LogP contribution in [0, 0.1) is 5.82 Å². The fourth-order valence-electron chi connectivity index (χ4n) is 1.09. The summed E-state index contributed by atoms with van der Waals surface area (Å²) < 4.78 is 22.8. The van der Waals surface area contributed by atoms with Crippen LogP contribution in [0.4, 0.5) is 4.39 Å². The van der Waals surface area contributed by atoms with E-state index in [2.05, 4.69) is 0 Å². The van der Waals surface area contributed by atoms with E-state index in [0.717, 1.165) is 12.0 Å². The Morgan fingerprint density at radius 2 is 2.08 bits per heavy atom. The molecule has 0 amide bonds. The Hall–Kier alpha value is -1.09. The molecular weight excluding hydrogens is 171 g/mol. The molecule has 0 heterocycles. The Morgan fingerprint density at radius 3 is 2.62 bits per heavy atom. The first-order valence-corrected chi connectivity index (χ1v) is 4.09. The summed E-state index contributed by atoms with van der Waals surface area (Å²) >= 11 is 0. The maximum absolute atomic E-state index is 13.1. The summed E-state index contributed by atoms with van der Waals surface area (Å²) in [6, 6.07) is 4.93. The second kappa shape index (κ2) is 4.82. The van der Waals surface area contributed by atoms with Crippen molar-refractivity contribution in [3.63, 3.8) is 0 Å². The first-order chi connectivity index (χ1) is 6.27. The molecule has 0 unspecified atom stereocenters. The van der Waals surface area contributed by atoms with Crippen LogP contribution in [0.25, 0.3) is 0 Å². The smallest absolute Gasteiger partial charge is 0.165 e. The van der Waals surface area contributed by atoms with Crippen LogP contribution in [0.2, 0.25) is 0 Å². The molecular formula is C10H13FO2. The molecule has 13 heavy (non-hydrogen) atoms. The van der Waals surface area contributed by atoms with Crippen molar-refractivity contribution in [2.45, 2.75) is 6.42 Å². The van der Waals surface area contributed by atoms with Gasteiger partial charge in [-0.1, -0.05) is 6.07 Å². The highest BCUT2D eigenvalue weighted by Gasteiger charge is 2.02. The lowest BCUT2D eigenvalue weighted by Crippen LogP contribution is -1.96. The van der Waals surface area contributed by atoms with Gasteiger partial charge in [0, 0.05) is 7.11 Å². The summed E-state index contributed by atoms with van der Waals surface area (Å²) in [5.74, 6) is -0.0442. The molecule has 0 atom stereocenters. The first-order valence-electron chi connectivity index (χ1n) is 4.09. The van der Waals surface area contributed by atoms with Crippen LogP contribution >= 0.6 is 0 Å². The minimum absolute atomic E-state index is 0.279. The molecule has 0 fully saturated rings. The Morgan fingerprint density at radius 1 is 1.31 bits per heavy atom. The molecule has 0 aliphatic heterocycles. The zero-order valence-corrected chi connectivity index (χ0v) is 7.84. The number of hydrogen-bond acceptors (Lipinski definition) is 2. The van der Waals surface area contributed by atoms with Crippen LogP contribution in [-0.2, 0) is 11.2 Å². The highest BCUT2D eigenvalue weighted by atomic mass is 19.1. The van der Waals surface area contributed by atoms with Gasteiger partial charge in [-0.25, -0.2) is 4.39 Å². The van der Waals surface area contributed by atoms with Gasteiger partial charge in [-0.3, -0.25) is 0 Å². The van der Waals surface area contributed by atoms with Crippen molar-refractivity contribution in [3.8, 4) is 5.75 Å². The number of ether oxygens (including phenoxy) is 2. The summed E-state index contributed by atoms with van der Waals surface area (Å²) in [6.07, 6.45) is 0.720. The van der Waals surface area contributed by atoms with Gasteiger partial charge in [0.2, 0.25) is 0 Å². The van der Waals surface area contributed by atoms with Crippen LogP contribution in [0.5, 0.6) is 5.75 Å². The lowest BCUT2D eigenvalue weighted by atomic mass is 10.1. The molecule has 3 heteroatoms. The third kappa shape index (κ3) is 2.70. The van der Waals surface area contributed by atoms with E-state index in [-0.39, 0.29) is 11.6 Å². The fourth-order valence-corrected chi connectivity index (χ4v) is 1.09. The molecule has 0 N–H and O–H groups in total. The van der Waals surface area contributed by atoms with E-state index >= 15 is 0 Å². The first kappa shape index (κ1) is 9.99. The third-order valence-corrected chi connectivity index (χ3v) is 1.81. The second-order valence-corrected chi connectivity index (χ2v) is 2.71. The molecule has 0 aliphatic carbocycles. The van der Waals surface area contributed by atoms with Crippen molar-refractivity contribution in [2.24, 2.45) is 0 Å². The van der Waals surface area contributed by atoms with Crippen LogP contribution in [0.1, 0.15) is 5.56 Å². The van der Waals surface area contributed by atoms with Crippen molar-refractivity contribution >= 4 is 0 Å². The van der Waals surface area contributed by atoms with Crippen LogP contribution < -0.4 is 4.74 Å². The second-order valence-electron chi connectivity index (χ2n) is 2.71. The van der Waals surface area contributed by atoms with Gasteiger partial charge in [-0.2, -0.15) is 0 Å². The molecule has 72 valence electrons. The van der Waals surface area contributed by atoms with E-state index < -0.39 is 0 Å². The predicted molar refractivity (Wildman–Crippen MR) is 48.5 cm³/mol. The average Bonchev–Trinajstić information content (AvgIpc) is 2.15. The van der Waals surface area contributed by atoms with Gasteiger partial charge < -0.3 is 9.47 Å². The molecule has 1 aromatic carbocycles. The lowest BCUT2D eigenvalue weighted by Gasteiger charge is -2.04. The monoisotopic (exact) mass is 184 g/mol. The van der Waals surface area contributed by atoms with E-state index in [0.29, 0.717) is 6.61 Å². The zero-order chi connectivity index (χ0) is 9.68. The van der Waals surface area contributed by atoms with Crippen molar-refractivity contribution < 1.29 is 13.9 Å². The number of halogens is 1. The minimum atomic E-state index is -0.323. The normalized spacial score (nSPS) is 10.1. The molecule has 1 rings (SSSR count). The van der Waals surface area contributed by atoms with E-state index in [9.17, 15) is 4.39 Å². The summed E-state index contributed by atoms with van der Waals surface area (Å²) in [4.78, 5) is 0. The molecule has 0 radical (unpaired) electrons. The summed E-state index contributed by atoms with van der Waals surface area (Å²) in [7, 11) is 3.08. The Kier molecular flexibility index (Phi) is 3.71. The van der Waals surface area contributed by atoms with Crippen molar-refractivity contribution in [2.75, 3.05) is 20.8 Å². The standard InChI is InChI=1S/C10H13FO2/c1-12-6-5-8-3-4-10(13-2)9(11)7-8/h3-4,7H,5-6H2,1-2H3. The third-order valence-electron chi connectivity index (χ3n) is 1.81. The van der Waals surface area contributed by atoms with Gasteiger partial charge >= 0.3 is 0 Å². The number of rotatable bonds is 4. The van der Waals surface area contributed by atoms with Crippen molar-refractivity contribution in [1.82, 2.24) is 0 Å². The Bertz CT molecular complexity index is 274. The highest BCUT2D eigenvalue weighted by Crippen LogP contribution is 2.17. The molecule has 0 bridgehead atoms. The topological polar surface area (TPSA) is 18.5 Å². The Balaban J connectivity index is 2.71. The number of methoxy groups -OCH3 is 2.